The van der Waals surface area contributed by atoms with Gasteiger partial charge < -0.3 is 24.5 Å². The lowest BCUT2D eigenvalue weighted by Gasteiger charge is -2.36. The highest BCUT2D eigenvalue weighted by Gasteiger charge is 2.38. The average Bonchev–Trinajstić information content (AvgIpc) is 3.48. The van der Waals surface area contributed by atoms with Gasteiger partial charge in [-0.15, -0.1) is 0 Å². The van der Waals surface area contributed by atoms with Crippen molar-refractivity contribution >= 4 is 49.4 Å². The van der Waals surface area contributed by atoms with Crippen molar-refractivity contribution in [2.24, 2.45) is 0 Å². The number of carbonyl (C=O) groups excluding carboxylic acids is 1. The van der Waals surface area contributed by atoms with Crippen LogP contribution < -0.4 is 0 Å². The Morgan fingerprint density at radius 2 is 1.76 bits per heavy atom. The van der Waals surface area contributed by atoms with Crippen molar-refractivity contribution in [1.82, 2.24) is 9.55 Å². The van der Waals surface area contributed by atoms with Crippen LogP contribution in [-0.4, -0.2) is 43.9 Å². The number of rotatable bonds is 1. The maximum absolute atomic E-state index is 13.2. The smallest absolute Gasteiger partial charge is 0.164 e. The zero-order valence-corrected chi connectivity index (χ0v) is 18.2. The molecule has 1 fully saturated rings. The van der Waals surface area contributed by atoms with Crippen molar-refractivity contribution in [3.63, 3.8) is 0 Å². The molecular weight excluding hydrogens is 416 g/mol. The number of Topliss-reactive ketones (excluding diaryl/α,β-unsaturated/α-hetero) is 1. The number of H-pyrrole nitrogens is 1. The molecule has 1 saturated heterocycles. The van der Waals surface area contributed by atoms with Crippen LogP contribution in [0.5, 0.6) is 0 Å². The molecule has 7 rings (SSSR count). The van der Waals surface area contributed by atoms with Crippen LogP contribution in [0, 0.1) is 0 Å². The molecule has 2 aromatic heterocycles. The van der Waals surface area contributed by atoms with Crippen molar-refractivity contribution in [3.05, 3.63) is 59.7 Å². The fourth-order valence-electron chi connectivity index (χ4n) is 6.10. The van der Waals surface area contributed by atoms with Crippen LogP contribution in [-0.2, 0) is 11.2 Å². The Morgan fingerprint density at radius 1 is 1.00 bits per heavy atom. The zero-order valence-electron chi connectivity index (χ0n) is 18.2. The molecule has 0 amide bonds. The molecule has 4 atom stereocenters. The third-order valence-corrected chi connectivity index (χ3v) is 7.57. The van der Waals surface area contributed by atoms with E-state index in [0.717, 1.165) is 61.2 Å². The summed E-state index contributed by atoms with van der Waals surface area (Å²) in [6, 6.07) is 16.3. The fourth-order valence-corrected chi connectivity index (χ4v) is 6.10. The van der Waals surface area contributed by atoms with Crippen molar-refractivity contribution in [3.8, 4) is 0 Å². The number of hydrogen-bond donors (Lipinski definition) is 3. The first-order chi connectivity index (χ1) is 16.0. The van der Waals surface area contributed by atoms with Crippen LogP contribution >= 0.6 is 0 Å². The molecule has 3 N–H and O–H groups in total. The SMILES string of the molecule is C[C@@H]1O[C@@H](n2c3ccccc3c3c4c(c5c6ccccc6[nH]c5c32)CCC4=O)C[C@H](O)[C@H]1O. The lowest BCUT2D eigenvalue weighted by atomic mass is 9.97. The Hall–Kier alpha value is -3.19. The number of hydrogen-bond acceptors (Lipinski definition) is 4. The Morgan fingerprint density at radius 3 is 2.58 bits per heavy atom. The maximum atomic E-state index is 13.2. The number of carbonyl (C=O) groups is 1. The maximum Gasteiger partial charge on any atom is 0.164 e. The second-order valence-corrected chi connectivity index (χ2v) is 9.40. The van der Waals surface area contributed by atoms with Gasteiger partial charge in [0.15, 0.2) is 5.78 Å². The van der Waals surface area contributed by atoms with Gasteiger partial charge in [0.25, 0.3) is 0 Å². The Labute approximate surface area is 189 Å². The monoisotopic (exact) mass is 440 g/mol. The molecular formula is C27H24N2O4. The van der Waals surface area contributed by atoms with Gasteiger partial charge in [0.2, 0.25) is 0 Å². The largest absolute Gasteiger partial charge is 0.390 e. The first-order valence-corrected chi connectivity index (χ1v) is 11.6. The molecule has 1 aliphatic carbocycles. The highest BCUT2D eigenvalue weighted by molar-refractivity contribution is 6.30. The Bertz CT molecular complexity index is 1600. The third-order valence-electron chi connectivity index (χ3n) is 7.57. The first-order valence-electron chi connectivity index (χ1n) is 11.6. The van der Waals surface area contributed by atoms with Crippen LogP contribution in [0.15, 0.2) is 48.5 Å². The number of aryl methyl sites for hydroxylation is 1. The number of aliphatic hydroxyl groups excluding tert-OH is 2. The summed E-state index contributed by atoms with van der Waals surface area (Å²) in [5, 5.41) is 25.1. The fraction of sp³-hybridized carbons (Fsp3) is 0.296. The van der Waals surface area contributed by atoms with E-state index in [0.29, 0.717) is 6.42 Å². The molecule has 0 bridgehead atoms. The second-order valence-electron chi connectivity index (χ2n) is 9.40. The van der Waals surface area contributed by atoms with Crippen molar-refractivity contribution < 1.29 is 19.7 Å². The number of nitrogens with one attached hydrogen (secondary N) is 1. The zero-order chi connectivity index (χ0) is 22.4. The standard InChI is InChI=1S/C27H24N2O4/c1-13-27(32)20(31)12-21(33-13)29-18-9-5-3-7-15(18)24-23-16(10-11-19(23)30)22-14-6-2-4-8-17(14)28-25(22)26(24)29/h2-9,13,20-21,27-28,31-32H,10-12H2,1H3/t13-,20-,21+,27-/m0/s1. The molecule has 3 aromatic carbocycles. The summed E-state index contributed by atoms with van der Waals surface area (Å²) in [6.07, 6.45) is -1.26. The number of aromatic amines is 1. The Balaban J connectivity index is 1.69. The van der Waals surface area contributed by atoms with Gasteiger partial charge in [-0.3, -0.25) is 4.79 Å². The molecule has 3 heterocycles. The molecule has 6 heteroatoms. The van der Waals surface area contributed by atoms with Crippen LogP contribution in [0.1, 0.15) is 41.9 Å². The van der Waals surface area contributed by atoms with Crippen molar-refractivity contribution in [2.45, 2.75) is 50.7 Å². The van der Waals surface area contributed by atoms with Gasteiger partial charge in [-0.05, 0) is 31.0 Å². The van der Waals surface area contributed by atoms with E-state index in [1.807, 2.05) is 30.3 Å². The second kappa shape index (κ2) is 6.67. The van der Waals surface area contributed by atoms with Gasteiger partial charge in [0.1, 0.15) is 12.3 Å². The molecule has 0 unspecified atom stereocenters. The van der Waals surface area contributed by atoms with Gasteiger partial charge in [-0.1, -0.05) is 36.4 Å². The molecule has 1 aliphatic heterocycles. The van der Waals surface area contributed by atoms with E-state index in [9.17, 15) is 15.0 Å². The minimum Gasteiger partial charge on any atom is -0.390 e. The van der Waals surface area contributed by atoms with Gasteiger partial charge in [-0.2, -0.15) is 0 Å². The normalized spacial score (nSPS) is 25.6. The van der Waals surface area contributed by atoms with Crippen LogP contribution in [0.25, 0.3) is 43.6 Å². The summed E-state index contributed by atoms with van der Waals surface area (Å²) in [7, 11) is 0. The minimum atomic E-state index is -0.923. The summed E-state index contributed by atoms with van der Waals surface area (Å²) in [5.74, 6) is 0.179. The number of ether oxygens (including phenoxy) is 1. The van der Waals surface area contributed by atoms with Crippen molar-refractivity contribution in [2.75, 3.05) is 0 Å². The van der Waals surface area contributed by atoms with Gasteiger partial charge in [0.05, 0.1) is 28.8 Å². The van der Waals surface area contributed by atoms with Gasteiger partial charge in [-0.25, -0.2) is 0 Å². The molecule has 2 aliphatic rings. The topological polar surface area (TPSA) is 87.5 Å². The van der Waals surface area contributed by atoms with E-state index >= 15 is 0 Å². The molecule has 0 saturated carbocycles. The van der Waals surface area contributed by atoms with Crippen LogP contribution in [0.2, 0.25) is 0 Å². The quantitative estimate of drug-likeness (QED) is 0.356. The van der Waals surface area contributed by atoms with E-state index in [4.69, 9.17) is 4.74 Å². The summed E-state index contributed by atoms with van der Waals surface area (Å²) in [5.41, 5.74) is 5.86. The number of aliphatic hydroxyl groups is 2. The number of aromatic nitrogens is 2. The summed E-state index contributed by atoms with van der Waals surface area (Å²) in [4.78, 5) is 16.9. The van der Waals surface area contributed by atoms with Crippen LogP contribution in [0.3, 0.4) is 0 Å². The molecule has 166 valence electrons. The van der Waals surface area contributed by atoms with E-state index in [2.05, 4.69) is 27.8 Å². The molecule has 5 aromatic rings. The first kappa shape index (κ1) is 19.3. The highest BCUT2D eigenvalue weighted by atomic mass is 16.5. The molecule has 6 nitrogen and oxygen atoms in total. The van der Waals surface area contributed by atoms with Gasteiger partial charge in [0, 0.05) is 45.5 Å². The number of nitrogens with zero attached hydrogens (tertiary/aromatic N) is 1. The lowest BCUT2D eigenvalue weighted by Crippen LogP contribution is -2.45. The minimum absolute atomic E-state index is 0.179. The number of para-hydroxylation sites is 2. The van der Waals surface area contributed by atoms with Crippen molar-refractivity contribution in [1.29, 1.82) is 0 Å². The predicted octanol–water partition coefficient (Wildman–Crippen LogP) is 4.59. The summed E-state index contributed by atoms with van der Waals surface area (Å²) < 4.78 is 8.38. The van der Waals surface area contributed by atoms with E-state index in [1.165, 1.54) is 0 Å². The van der Waals surface area contributed by atoms with E-state index in [-0.39, 0.29) is 12.2 Å². The lowest BCUT2D eigenvalue weighted by molar-refractivity contribution is -0.182. The summed E-state index contributed by atoms with van der Waals surface area (Å²) >= 11 is 0. The van der Waals surface area contributed by atoms with Gasteiger partial charge >= 0.3 is 0 Å². The number of benzene rings is 3. The number of ketones is 1. The highest BCUT2D eigenvalue weighted by Crippen LogP contribution is 2.47. The molecule has 0 spiro atoms. The summed E-state index contributed by atoms with van der Waals surface area (Å²) in [6.45, 7) is 1.79. The van der Waals surface area contributed by atoms with Crippen LogP contribution in [0.4, 0.5) is 0 Å². The van der Waals surface area contributed by atoms with E-state index < -0.39 is 24.5 Å². The third kappa shape index (κ3) is 2.46. The number of fused-ring (bicyclic) bond motifs is 10. The van der Waals surface area contributed by atoms with E-state index in [1.54, 1.807) is 6.92 Å². The molecule has 33 heavy (non-hydrogen) atoms. The Kier molecular flexibility index (Phi) is 3.90. The molecule has 0 radical (unpaired) electrons. The average molecular weight is 440 g/mol. The predicted molar refractivity (Wildman–Crippen MR) is 128 cm³/mol.